The van der Waals surface area contributed by atoms with E-state index >= 15 is 0 Å². The largest absolute Gasteiger partial charge is 0.387 e. The second kappa shape index (κ2) is 6.64. The number of aryl methyl sites for hydroxylation is 1. The van der Waals surface area contributed by atoms with Crippen molar-refractivity contribution in [2.24, 2.45) is 0 Å². The number of nitrogens with zero attached hydrogens (tertiary/aromatic N) is 2. The van der Waals surface area contributed by atoms with Crippen LogP contribution < -0.4 is 0 Å². The highest BCUT2D eigenvalue weighted by molar-refractivity contribution is 7.05. The Hall–Kier alpha value is -1.30. The maximum Gasteiger partial charge on any atom is 0.0945 e. The molecule has 2 heterocycles. The molecule has 0 aliphatic carbocycles. The fourth-order valence-corrected chi connectivity index (χ4v) is 3.55. The molecule has 1 aliphatic heterocycles. The third kappa shape index (κ3) is 3.15. The molecule has 0 amide bonds. The number of ether oxygens (including phenoxy) is 1. The van der Waals surface area contributed by atoms with Gasteiger partial charge in [0.1, 0.15) is 0 Å². The molecule has 0 saturated carbocycles. The molecule has 0 bridgehead atoms. The number of aromatic nitrogens is 2. The molecule has 1 aromatic heterocycles. The van der Waals surface area contributed by atoms with E-state index < -0.39 is 6.10 Å². The lowest BCUT2D eigenvalue weighted by atomic mass is 9.93. The molecule has 0 spiro atoms. The van der Waals surface area contributed by atoms with Gasteiger partial charge in [0.25, 0.3) is 0 Å². The summed E-state index contributed by atoms with van der Waals surface area (Å²) in [6, 6.07) is 8.34. The molecule has 0 fully saturated rings. The van der Waals surface area contributed by atoms with Crippen LogP contribution in [0.2, 0.25) is 0 Å². The van der Waals surface area contributed by atoms with Crippen LogP contribution in [-0.4, -0.2) is 21.3 Å². The number of hydrogen-bond donors (Lipinski definition) is 1. The van der Waals surface area contributed by atoms with Crippen LogP contribution >= 0.6 is 11.5 Å². The molecule has 4 nitrogen and oxygen atoms in total. The van der Waals surface area contributed by atoms with E-state index in [4.69, 9.17) is 4.74 Å². The summed E-state index contributed by atoms with van der Waals surface area (Å²) in [5.41, 5.74) is 3.47. The standard InChI is InChI=1S/C16H20N2O2S/c1-2-5-13-16(21-18-17-13)14(19)10-15-12-7-4-3-6-11(12)8-9-20-15/h3-4,6-7,14-15,19H,2,5,8-10H2,1H3. The van der Waals surface area contributed by atoms with Crippen molar-refractivity contribution in [3.8, 4) is 0 Å². The fourth-order valence-electron chi connectivity index (χ4n) is 2.86. The van der Waals surface area contributed by atoms with Gasteiger partial charge in [-0.05, 0) is 35.5 Å². The van der Waals surface area contributed by atoms with Crippen molar-refractivity contribution < 1.29 is 9.84 Å². The Bertz CT molecular complexity index is 599. The molecule has 21 heavy (non-hydrogen) atoms. The lowest BCUT2D eigenvalue weighted by Crippen LogP contribution is -2.18. The first-order valence-corrected chi connectivity index (χ1v) is 8.25. The van der Waals surface area contributed by atoms with E-state index in [1.807, 2.05) is 6.07 Å². The van der Waals surface area contributed by atoms with Gasteiger partial charge in [-0.1, -0.05) is 42.1 Å². The van der Waals surface area contributed by atoms with E-state index in [2.05, 4.69) is 34.7 Å². The van der Waals surface area contributed by atoms with E-state index in [-0.39, 0.29) is 6.10 Å². The van der Waals surface area contributed by atoms with Gasteiger partial charge in [-0.2, -0.15) is 0 Å². The minimum absolute atomic E-state index is 0.0403. The molecule has 2 unspecified atom stereocenters. The molecule has 112 valence electrons. The summed E-state index contributed by atoms with van der Waals surface area (Å²) in [5.74, 6) is 0. The quantitative estimate of drug-likeness (QED) is 0.921. The Balaban J connectivity index is 1.76. The summed E-state index contributed by atoms with van der Waals surface area (Å²) in [4.78, 5) is 0.892. The van der Waals surface area contributed by atoms with Gasteiger partial charge >= 0.3 is 0 Å². The monoisotopic (exact) mass is 304 g/mol. The zero-order valence-electron chi connectivity index (χ0n) is 12.2. The summed E-state index contributed by atoms with van der Waals surface area (Å²) in [6.45, 7) is 2.83. The minimum Gasteiger partial charge on any atom is -0.387 e. The molecule has 2 atom stereocenters. The fraction of sp³-hybridized carbons (Fsp3) is 0.500. The van der Waals surface area contributed by atoms with Gasteiger partial charge in [0.15, 0.2) is 0 Å². The topological polar surface area (TPSA) is 55.2 Å². The van der Waals surface area contributed by atoms with Gasteiger partial charge in [0.05, 0.1) is 29.4 Å². The van der Waals surface area contributed by atoms with E-state index in [1.165, 1.54) is 22.7 Å². The maximum absolute atomic E-state index is 10.5. The number of fused-ring (bicyclic) bond motifs is 1. The van der Waals surface area contributed by atoms with Gasteiger partial charge in [-0.15, -0.1) is 5.10 Å². The predicted octanol–water partition coefficient (Wildman–Crippen LogP) is 3.23. The first-order chi connectivity index (χ1) is 10.3. The number of benzene rings is 1. The zero-order valence-corrected chi connectivity index (χ0v) is 13.0. The molecule has 5 heteroatoms. The van der Waals surface area contributed by atoms with Crippen molar-refractivity contribution in [2.45, 2.75) is 44.8 Å². The summed E-state index contributed by atoms with van der Waals surface area (Å²) < 4.78 is 9.87. The highest BCUT2D eigenvalue weighted by atomic mass is 32.1. The van der Waals surface area contributed by atoms with Crippen molar-refractivity contribution >= 4 is 11.5 Å². The Kier molecular flexibility index (Phi) is 4.63. The predicted molar refractivity (Wildman–Crippen MR) is 82.3 cm³/mol. The van der Waals surface area contributed by atoms with Crippen molar-refractivity contribution in [3.63, 3.8) is 0 Å². The molecule has 3 rings (SSSR count). The molecule has 1 aromatic carbocycles. The lowest BCUT2D eigenvalue weighted by Gasteiger charge is -2.27. The Morgan fingerprint density at radius 3 is 3.14 bits per heavy atom. The highest BCUT2D eigenvalue weighted by Gasteiger charge is 2.26. The van der Waals surface area contributed by atoms with Crippen molar-refractivity contribution in [3.05, 3.63) is 46.0 Å². The van der Waals surface area contributed by atoms with E-state index in [1.54, 1.807) is 0 Å². The normalized spacial score (nSPS) is 19.2. The maximum atomic E-state index is 10.5. The first kappa shape index (κ1) is 14.6. The average Bonchev–Trinajstić information content (AvgIpc) is 2.96. The van der Waals surface area contributed by atoms with Gasteiger partial charge < -0.3 is 9.84 Å². The van der Waals surface area contributed by atoms with E-state index in [9.17, 15) is 5.11 Å². The molecular formula is C16H20N2O2S. The van der Waals surface area contributed by atoms with Gasteiger partial charge in [0, 0.05) is 6.42 Å². The van der Waals surface area contributed by atoms with Crippen molar-refractivity contribution in [2.75, 3.05) is 6.61 Å². The third-order valence-corrected chi connectivity index (χ3v) is 4.77. The van der Waals surface area contributed by atoms with E-state index in [0.29, 0.717) is 6.42 Å². The number of aliphatic hydroxyl groups excluding tert-OH is 1. The Morgan fingerprint density at radius 2 is 2.29 bits per heavy atom. The van der Waals surface area contributed by atoms with Crippen LogP contribution in [-0.2, 0) is 17.6 Å². The summed E-state index contributed by atoms with van der Waals surface area (Å²) >= 11 is 1.30. The molecule has 0 radical (unpaired) electrons. The van der Waals surface area contributed by atoms with Crippen LogP contribution in [0.15, 0.2) is 24.3 Å². The summed E-state index contributed by atoms with van der Waals surface area (Å²) in [6.07, 6.45) is 2.80. The summed E-state index contributed by atoms with van der Waals surface area (Å²) in [5, 5.41) is 14.7. The average molecular weight is 304 g/mol. The summed E-state index contributed by atoms with van der Waals surface area (Å²) in [7, 11) is 0. The van der Waals surface area contributed by atoms with E-state index in [0.717, 1.165) is 36.4 Å². The molecular weight excluding hydrogens is 284 g/mol. The molecule has 0 saturated heterocycles. The van der Waals surface area contributed by atoms with Crippen LogP contribution in [0.5, 0.6) is 0 Å². The SMILES string of the molecule is CCCc1nnsc1C(O)CC1OCCc2ccccc21. The number of aliphatic hydroxyl groups is 1. The van der Waals surface area contributed by atoms with Crippen LogP contribution in [0.4, 0.5) is 0 Å². The third-order valence-electron chi connectivity index (χ3n) is 3.90. The smallest absolute Gasteiger partial charge is 0.0945 e. The van der Waals surface area contributed by atoms with Crippen molar-refractivity contribution in [1.29, 1.82) is 0 Å². The second-order valence-corrected chi connectivity index (χ2v) is 6.18. The minimum atomic E-state index is -0.553. The van der Waals surface area contributed by atoms with Crippen molar-refractivity contribution in [1.82, 2.24) is 9.59 Å². The van der Waals surface area contributed by atoms with Gasteiger partial charge in [0.2, 0.25) is 0 Å². The zero-order chi connectivity index (χ0) is 14.7. The van der Waals surface area contributed by atoms with Gasteiger partial charge in [-0.3, -0.25) is 0 Å². The second-order valence-electron chi connectivity index (χ2n) is 5.39. The van der Waals surface area contributed by atoms with Crippen LogP contribution in [0, 0.1) is 0 Å². The van der Waals surface area contributed by atoms with Crippen LogP contribution in [0.1, 0.15) is 53.7 Å². The Morgan fingerprint density at radius 1 is 1.43 bits per heavy atom. The van der Waals surface area contributed by atoms with Crippen LogP contribution in [0.3, 0.4) is 0 Å². The molecule has 1 N–H and O–H groups in total. The Labute approximate surface area is 128 Å². The molecule has 2 aromatic rings. The van der Waals surface area contributed by atoms with Gasteiger partial charge in [-0.25, -0.2) is 0 Å². The molecule has 1 aliphatic rings. The number of rotatable bonds is 5. The first-order valence-electron chi connectivity index (χ1n) is 7.48. The van der Waals surface area contributed by atoms with Crippen LogP contribution in [0.25, 0.3) is 0 Å². The lowest BCUT2D eigenvalue weighted by molar-refractivity contribution is 0.00435. The number of hydrogen-bond acceptors (Lipinski definition) is 5. The highest BCUT2D eigenvalue weighted by Crippen LogP contribution is 2.35.